The molecule has 2 rings (SSSR count). The van der Waals surface area contributed by atoms with E-state index < -0.39 is 36.5 Å². The van der Waals surface area contributed by atoms with E-state index in [0.717, 1.165) is 46.3 Å². The Bertz CT molecular complexity index is 896. The molecule has 0 heterocycles. The number of rotatable bonds is 9. The number of hydrogen-bond acceptors (Lipinski definition) is 11. The summed E-state index contributed by atoms with van der Waals surface area (Å²) in [6.07, 6.45) is 1.42. The molecule has 0 radical (unpaired) electrons. The summed E-state index contributed by atoms with van der Waals surface area (Å²) in [4.78, 5) is 47.8. The van der Waals surface area contributed by atoms with Crippen molar-refractivity contribution in [3.63, 3.8) is 0 Å². The number of nitrogens with two attached hydrogens (primary N) is 1. The first-order valence-corrected chi connectivity index (χ1v) is 11.5. The maximum atomic E-state index is 12.5. The van der Waals surface area contributed by atoms with Gasteiger partial charge in [0.2, 0.25) is 0 Å². The average Bonchev–Trinajstić information content (AvgIpc) is 2.85. The van der Waals surface area contributed by atoms with Crippen molar-refractivity contribution in [2.45, 2.75) is 70.6 Å². The van der Waals surface area contributed by atoms with Gasteiger partial charge in [-0.1, -0.05) is 25.3 Å². The third-order valence-electron chi connectivity index (χ3n) is 5.69. The Morgan fingerprint density at radius 1 is 0.886 bits per heavy atom. The highest BCUT2D eigenvalue weighted by Gasteiger charge is 2.28. The number of hydrogen-bond donors (Lipinski definition) is 1. The Labute approximate surface area is 204 Å². The van der Waals surface area contributed by atoms with Crippen LogP contribution < -0.4 is 15.2 Å². The van der Waals surface area contributed by atoms with Gasteiger partial charge in [0.15, 0.2) is 11.5 Å². The van der Waals surface area contributed by atoms with Gasteiger partial charge in [-0.15, -0.1) is 0 Å². The van der Waals surface area contributed by atoms with Crippen LogP contribution in [0.3, 0.4) is 0 Å². The summed E-state index contributed by atoms with van der Waals surface area (Å²) in [5.41, 5.74) is 6.51. The number of carbonyl (C=O) groups excluding carboxylic acids is 4. The fraction of sp³-hybridized carbons (Fsp3) is 0.583. The lowest BCUT2D eigenvalue weighted by Gasteiger charge is -2.26. The molecule has 0 bridgehead atoms. The Morgan fingerprint density at radius 3 is 2.06 bits per heavy atom. The number of carbonyl (C=O) groups is 4. The Kier molecular flexibility index (Phi) is 10.8. The Morgan fingerprint density at radius 2 is 1.46 bits per heavy atom. The van der Waals surface area contributed by atoms with Gasteiger partial charge in [0.25, 0.3) is 0 Å². The predicted octanol–water partition coefficient (Wildman–Crippen LogP) is 3.29. The number of methoxy groups -OCH3 is 2. The van der Waals surface area contributed by atoms with Crippen molar-refractivity contribution in [2.75, 3.05) is 14.2 Å². The largest absolute Gasteiger partial charge is 0.513 e. The molecule has 0 unspecified atom stereocenters. The van der Waals surface area contributed by atoms with E-state index in [0.29, 0.717) is 5.56 Å². The zero-order valence-corrected chi connectivity index (χ0v) is 20.4. The van der Waals surface area contributed by atoms with E-state index in [1.807, 2.05) is 0 Å². The SMILES string of the molecule is COC(=O)Oc1ccc(C[C@H](N)C(=O)O[C@@H](C)[C@H](C)OC(=O)C2CCCCC2)cc1OC(=O)OC. The highest BCUT2D eigenvalue weighted by Crippen LogP contribution is 2.30. The summed E-state index contributed by atoms with van der Waals surface area (Å²) < 4.78 is 29.8. The molecule has 11 heteroatoms. The molecule has 0 aliphatic heterocycles. The monoisotopic (exact) mass is 495 g/mol. The van der Waals surface area contributed by atoms with Crippen LogP contribution in [0.5, 0.6) is 11.5 Å². The van der Waals surface area contributed by atoms with Crippen molar-refractivity contribution >= 4 is 24.2 Å². The van der Waals surface area contributed by atoms with Gasteiger partial charge in [-0.05, 0) is 50.8 Å². The molecule has 1 aliphatic rings. The van der Waals surface area contributed by atoms with Crippen LogP contribution >= 0.6 is 0 Å². The molecule has 1 aromatic carbocycles. The quantitative estimate of drug-likeness (QED) is 0.305. The van der Waals surface area contributed by atoms with Crippen LogP contribution in [-0.2, 0) is 35.0 Å². The van der Waals surface area contributed by atoms with Crippen molar-refractivity contribution in [1.82, 2.24) is 0 Å². The molecule has 3 atom stereocenters. The molecule has 11 nitrogen and oxygen atoms in total. The van der Waals surface area contributed by atoms with E-state index in [-0.39, 0.29) is 29.8 Å². The lowest BCUT2D eigenvalue weighted by molar-refractivity contribution is -0.169. The second kappa shape index (κ2) is 13.5. The van der Waals surface area contributed by atoms with E-state index in [2.05, 4.69) is 9.47 Å². The highest BCUT2D eigenvalue weighted by molar-refractivity contribution is 5.76. The third-order valence-corrected chi connectivity index (χ3v) is 5.69. The topological polar surface area (TPSA) is 150 Å². The zero-order chi connectivity index (χ0) is 26.0. The molecule has 0 saturated heterocycles. The minimum atomic E-state index is -1.06. The van der Waals surface area contributed by atoms with Crippen molar-refractivity contribution in [3.8, 4) is 11.5 Å². The van der Waals surface area contributed by atoms with Gasteiger partial charge in [0.05, 0.1) is 20.1 Å². The van der Waals surface area contributed by atoms with Crippen LogP contribution in [-0.4, -0.2) is 56.7 Å². The van der Waals surface area contributed by atoms with Gasteiger partial charge >= 0.3 is 24.2 Å². The van der Waals surface area contributed by atoms with Crippen molar-refractivity contribution in [3.05, 3.63) is 23.8 Å². The third kappa shape index (κ3) is 8.75. The first-order chi connectivity index (χ1) is 16.6. The van der Waals surface area contributed by atoms with E-state index in [9.17, 15) is 19.2 Å². The summed E-state index contributed by atoms with van der Waals surface area (Å²) >= 11 is 0. The smallest absolute Gasteiger partial charge is 0.459 e. The van der Waals surface area contributed by atoms with Crippen LogP contribution in [0.2, 0.25) is 0 Å². The second-order valence-electron chi connectivity index (χ2n) is 8.32. The van der Waals surface area contributed by atoms with Crippen molar-refractivity contribution in [2.24, 2.45) is 11.7 Å². The van der Waals surface area contributed by atoms with E-state index in [1.54, 1.807) is 13.8 Å². The molecule has 1 saturated carbocycles. The molecule has 194 valence electrons. The summed E-state index contributed by atoms with van der Waals surface area (Å²) in [5.74, 6) is -1.29. The van der Waals surface area contributed by atoms with Crippen LogP contribution in [0.4, 0.5) is 9.59 Å². The van der Waals surface area contributed by atoms with Gasteiger partial charge in [-0.25, -0.2) is 9.59 Å². The van der Waals surface area contributed by atoms with Gasteiger partial charge in [0.1, 0.15) is 18.2 Å². The van der Waals surface area contributed by atoms with E-state index in [1.165, 1.54) is 18.2 Å². The minimum absolute atomic E-state index is 0.0256. The lowest BCUT2D eigenvalue weighted by atomic mass is 9.89. The van der Waals surface area contributed by atoms with Gasteiger partial charge in [0, 0.05) is 0 Å². The van der Waals surface area contributed by atoms with Gasteiger partial charge < -0.3 is 34.2 Å². The molecule has 1 aromatic rings. The fourth-order valence-electron chi connectivity index (χ4n) is 3.52. The maximum Gasteiger partial charge on any atom is 0.513 e. The first kappa shape index (κ1) is 27.9. The average molecular weight is 496 g/mol. The molecule has 0 spiro atoms. The summed E-state index contributed by atoms with van der Waals surface area (Å²) in [6, 6.07) is 3.21. The van der Waals surface area contributed by atoms with Crippen LogP contribution in [0, 0.1) is 5.92 Å². The van der Waals surface area contributed by atoms with Crippen LogP contribution in [0.15, 0.2) is 18.2 Å². The van der Waals surface area contributed by atoms with Crippen molar-refractivity contribution in [1.29, 1.82) is 0 Å². The summed E-state index contributed by atoms with van der Waals surface area (Å²) in [7, 11) is 2.24. The minimum Gasteiger partial charge on any atom is -0.459 e. The molecule has 0 aromatic heterocycles. The molecular weight excluding hydrogens is 462 g/mol. The van der Waals surface area contributed by atoms with E-state index >= 15 is 0 Å². The van der Waals surface area contributed by atoms with E-state index in [4.69, 9.17) is 24.7 Å². The first-order valence-electron chi connectivity index (χ1n) is 11.5. The lowest BCUT2D eigenvalue weighted by Crippen LogP contribution is -2.40. The highest BCUT2D eigenvalue weighted by atomic mass is 16.7. The molecular formula is C24H33NO10. The maximum absolute atomic E-state index is 12.5. The van der Waals surface area contributed by atoms with Gasteiger partial charge in [-0.3, -0.25) is 9.59 Å². The Hall–Kier alpha value is -3.34. The normalized spacial score (nSPS) is 16.3. The zero-order valence-electron chi connectivity index (χ0n) is 20.4. The predicted molar refractivity (Wildman–Crippen MR) is 122 cm³/mol. The summed E-state index contributed by atoms with van der Waals surface area (Å²) in [6.45, 7) is 3.30. The Balaban J connectivity index is 1.97. The fourth-order valence-corrected chi connectivity index (χ4v) is 3.52. The number of benzene rings is 1. The van der Waals surface area contributed by atoms with Crippen LogP contribution in [0.25, 0.3) is 0 Å². The standard InChI is InChI=1S/C24H33NO10/c1-14(32-21(26)17-8-6-5-7-9-17)15(2)33-22(27)18(25)12-16-10-11-19(34-23(28)30-3)20(13-16)35-24(29)31-4/h10-11,13-15,17-18H,5-9,12,25H2,1-4H3/t14-,15-,18-/m0/s1. The second-order valence-corrected chi connectivity index (χ2v) is 8.32. The van der Waals surface area contributed by atoms with Crippen molar-refractivity contribution < 1.29 is 47.6 Å². The van der Waals surface area contributed by atoms with Crippen LogP contribution in [0.1, 0.15) is 51.5 Å². The van der Waals surface area contributed by atoms with Gasteiger partial charge in [-0.2, -0.15) is 0 Å². The number of ether oxygens (including phenoxy) is 6. The molecule has 0 amide bonds. The summed E-state index contributed by atoms with van der Waals surface area (Å²) in [5, 5.41) is 0. The molecule has 1 fully saturated rings. The molecule has 2 N–H and O–H groups in total. The number of esters is 2. The molecule has 1 aliphatic carbocycles. The molecule has 35 heavy (non-hydrogen) atoms.